The van der Waals surface area contributed by atoms with Gasteiger partial charge in [0.1, 0.15) is 0 Å². The zero-order chi connectivity index (χ0) is 20.9. The number of hydrogen-bond donors (Lipinski definition) is 1. The van der Waals surface area contributed by atoms with Crippen LogP contribution in [0, 0.1) is 0 Å². The van der Waals surface area contributed by atoms with Crippen LogP contribution in [0.2, 0.25) is 0 Å². The van der Waals surface area contributed by atoms with Crippen molar-refractivity contribution in [3.63, 3.8) is 0 Å². The normalized spacial score (nSPS) is 20.4. The number of hydrogen-bond acceptors (Lipinski definition) is 4. The Morgan fingerprint density at radius 1 is 0.897 bits per heavy atom. The maximum absolute atomic E-state index is 13.3. The van der Waals surface area contributed by atoms with Crippen molar-refractivity contribution in [1.82, 2.24) is 9.03 Å². The lowest BCUT2D eigenvalue weighted by Crippen LogP contribution is -2.54. The predicted molar refractivity (Wildman–Crippen MR) is 113 cm³/mol. The highest BCUT2D eigenvalue weighted by atomic mass is 32.2. The summed E-state index contributed by atoms with van der Waals surface area (Å²) in [7, 11) is -7.54. The van der Waals surface area contributed by atoms with E-state index in [1.54, 1.807) is 48.5 Å². The van der Waals surface area contributed by atoms with Gasteiger partial charge in [-0.2, -0.15) is 4.31 Å². The molecular formula is C21H26N2O4S2. The van der Waals surface area contributed by atoms with Crippen LogP contribution < -0.4 is 4.72 Å². The molecule has 1 aliphatic carbocycles. The minimum Gasteiger partial charge on any atom is -0.207 e. The summed E-state index contributed by atoms with van der Waals surface area (Å²) < 4.78 is 56.4. The Labute approximate surface area is 173 Å². The van der Waals surface area contributed by atoms with Crippen molar-refractivity contribution < 1.29 is 16.8 Å². The summed E-state index contributed by atoms with van der Waals surface area (Å²) in [6, 6.07) is 15.4. The fourth-order valence-electron chi connectivity index (χ4n) is 3.73. The predicted octanol–water partition coefficient (Wildman–Crippen LogP) is 3.15. The maximum Gasteiger partial charge on any atom is 0.243 e. The van der Waals surface area contributed by atoms with Crippen molar-refractivity contribution in [2.75, 3.05) is 6.54 Å². The van der Waals surface area contributed by atoms with Crippen LogP contribution in [-0.2, 0) is 20.0 Å². The molecule has 0 radical (unpaired) electrons. The Balaban J connectivity index is 1.93. The van der Waals surface area contributed by atoms with E-state index in [1.165, 1.54) is 22.5 Å². The van der Waals surface area contributed by atoms with Gasteiger partial charge in [-0.3, -0.25) is 0 Å². The molecule has 29 heavy (non-hydrogen) atoms. The first-order chi connectivity index (χ1) is 13.9. The van der Waals surface area contributed by atoms with Gasteiger partial charge in [0.15, 0.2) is 0 Å². The fourth-order valence-corrected chi connectivity index (χ4v) is 6.73. The van der Waals surface area contributed by atoms with Gasteiger partial charge in [0.25, 0.3) is 0 Å². The molecule has 0 heterocycles. The second-order valence-electron chi connectivity index (χ2n) is 7.07. The van der Waals surface area contributed by atoms with E-state index in [0.29, 0.717) is 12.8 Å². The second-order valence-corrected chi connectivity index (χ2v) is 10.7. The van der Waals surface area contributed by atoms with E-state index in [0.717, 1.165) is 12.8 Å². The molecule has 0 amide bonds. The number of rotatable bonds is 8. The molecule has 0 aliphatic heterocycles. The molecule has 2 aromatic carbocycles. The van der Waals surface area contributed by atoms with Crippen molar-refractivity contribution in [2.24, 2.45) is 0 Å². The first-order valence-corrected chi connectivity index (χ1v) is 12.5. The number of benzene rings is 2. The third kappa shape index (κ3) is 4.95. The summed E-state index contributed by atoms with van der Waals surface area (Å²) in [5.41, 5.74) is 0. The van der Waals surface area contributed by atoms with E-state index < -0.39 is 32.1 Å². The topological polar surface area (TPSA) is 83.6 Å². The SMILES string of the molecule is C=CCN([C@H]1CCCC[C@H]1NS(=O)(=O)c1ccccc1)S(=O)(=O)c1ccccc1. The summed E-state index contributed by atoms with van der Waals surface area (Å²) in [4.78, 5) is 0.364. The van der Waals surface area contributed by atoms with Crippen LogP contribution in [0.1, 0.15) is 25.7 Å². The highest BCUT2D eigenvalue weighted by Gasteiger charge is 2.38. The molecule has 8 heteroatoms. The molecule has 0 saturated heterocycles. The fraction of sp³-hybridized carbons (Fsp3) is 0.333. The number of sulfonamides is 2. The summed E-state index contributed by atoms with van der Waals surface area (Å²) in [5, 5.41) is 0. The molecule has 0 unspecified atom stereocenters. The Bertz CT molecular complexity index is 1020. The maximum atomic E-state index is 13.3. The van der Waals surface area contributed by atoms with E-state index in [9.17, 15) is 16.8 Å². The molecule has 0 spiro atoms. The van der Waals surface area contributed by atoms with Gasteiger partial charge in [-0.05, 0) is 37.1 Å². The highest BCUT2D eigenvalue weighted by molar-refractivity contribution is 7.89. The summed E-state index contributed by atoms with van der Waals surface area (Å²) in [6.45, 7) is 3.82. The van der Waals surface area contributed by atoms with Crippen LogP contribution in [0.5, 0.6) is 0 Å². The zero-order valence-corrected chi connectivity index (χ0v) is 17.8. The smallest absolute Gasteiger partial charge is 0.207 e. The molecule has 2 aromatic rings. The number of nitrogens with zero attached hydrogens (tertiary/aromatic N) is 1. The Kier molecular flexibility index (Phi) is 6.89. The van der Waals surface area contributed by atoms with Crippen molar-refractivity contribution in [3.05, 3.63) is 73.3 Å². The Morgan fingerprint density at radius 3 is 2.03 bits per heavy atom. The van der Waals surface area contributed by atoms with Crippen LogP contribution in [0.15, 0.2) is 83.1 Å². The molecule has 3 rings (SSSR count). The van der Waals surface area contributed by atoms with Gasteiger partial charge in [0.05, 0.1) is 9.79 Å². The van der Waals surface area contributed by atoms with E-state index >= 15 is 0 Å². The van der Waals surface area contributed by atoms with Gasteiger partial charge in [0.2, 0.25) is 20.0 Å². The third-order valence-electron chi connectivity index (χ3n) is 5.12. The first kappa shape index (κ1) is 21.7. The largest absolute Gasteiger partial charge is 0.243 e. The molecule has 1 saturated carbocycles. The Morgan fingerprint density at radius 2 is 1.45 bits per heavy atom. The third-order valence-corrected chi connectivity index (χ3v) is 8.53. The van der Waals surface area contributed by atoms with Crippen molar-refractivity contribution in [2.45, 2.75) is 47.6 Å². The summed E-state index contributed by atoms with van der Waals surface area (Å²) in [6.07, 6.45) is 4.38. The van der Waals surface area contributed by atoms with E-state index in [1.807, 2.05) is 0 Å². The summed E-state index contributed by atoms with van der Waals surface area (Å²) >= 11 is 0. The van der Waals surface area contributed by atoms with Gasteiger partial charge in [-0.15, -0.1) is 6.58 Å². The van der Waals surface area contributed by atoms with E-state index in [4.69, 9.17) is 0 Å². The van der Waals surface area contributed by atoms with Crippen molar-refractivity contribution >= 4 is 20.0 Å². The van der Waals surface area contributed by atoms with Gasteiger partial charge in [-0.1, -0.05) is 55.3 Å². The molecule has 2 atom stereocenters. The van der Waals surface area contributed by atoms with Crippen LogP contribution in [-0.4, -0.2) is 39.8 Å². The number of nitrogens with one attached hydrogen (secondary N) is 1. The standard InChI is InChI=1S/C21H26N2O4S2/c1-2-17-23(29(26,27)19-13-7-4-8-14-19)21-16-10-9-15-20(21)22-28(24,25)18-11-5-3-6-12-18/h2-8,11-14,20-22H,1,9-10,15-17H2/t20-,21+/m1/s1. The summed E-state index contributed by atoms with van der Waals surface area (Å²) in [5.74, 6) is 0. The minimum absolute atomic E-state index is 0.117. The van der Waals surface area contributed by atoms with Crippen molar-refractivity contribution in [1.29, 1.82) is 0 Å². The average Bonchev–Trinajstić information content (AvgIpc) is 2.73. The molecular weight excluding hydrogens is 408 g/mol. The lowest BCUT2D eigenvalue weighted by atomic mass is 9.91. The molecule has 0 aromatic heterocycles. The van der Waals surface area contributed by atoms with Gasteiger partial charge in [-0.25, -0.2) is 21.6 Å². The van der Waals surface area contributed by atoms with Crippen LogP contribution >= 0.6 is 0 Å². The highest BCUT2D eigenvalue weighted by Crippen LogP contribution is 2.29. The Hall–Kier alpha value is -2.00. The molecule has 1 fully saturated rings. The van der Waals surface area contributed by atoms with Crippen LogP contribution in [0.25, 0.3) is 0 Å². The molecule has 1 aliphatic rings. The average molecular weight is 435 g/mol. The molecule has 156 valence electrons. The quantitative estimate of drug-likeness (QED) is 0.647. The lowest BCUT2D eigenvalue weighted by molar-refractivity contribution is 0.226. The second kappa shape index (κ2) is 9.21. The van der Waals surface area contributed by atoms with Gasteiger partial charge in [0, 0.05) is 18.6 Å². The van der Waals surface area contributed by atoms with Gasteiger partial charge >= 0.3 is 0 Å². The monoisotopic (exact) mass is 434 g/mol. The minimum atomic E-state index is -3.79. The van der Waals surface area contributed by atoms with E-state index in [2.05, 4.69) is 11.3 Å². The van der Waals surface area contributed by atoms with Crippen LogP contribution in [0.3, 0.4) is 0 Å². The van der Waals surface area contributed by atoms with Gasteiger partial charge < -0.3 is 0 Å². The first-order valence-electron chi connectivity index (χ1n) is 9.61. The molecule has 0 bridgehead atoms. The molecule has 6 nitrogen and oxygen atoms in total. The van der Waals surface area contributed by atoms with E-state index in [-0.39, 0.29) is 16.3 Å². The van der Waals surface area contributed by atoms with Crippen molar-refractivity contribution in [3.8, 4) is 0 Å². The molecule has 1 N–H and O–H groups in total. The van der Waals surface area contributed by atoms with Crippen LogP contribution in [0.4, 0.5) is 0 Å². The lowest BCUT2D eigenvalue weighted by Gasteiger charge is -2.38. The zero-order valence-electron chi connectivity index (χ0n) is 16.1.